The number of carbonyl (C=O) groups is 2. The van der Waals surface area contributed by atoms with Crippen LogP contribution in [0.1, 0.15) is 5.56 Å². The van der Waals surface area contributed by atoms with Crippen molar-refractivity contribution in [1.82, 2.24) is 4.90 Å². The summed E-state index contributed by atoms with van der Waals surface area (Å²) in [5, 5.41) is 3.15. The first-order chi connectivity index (χ1) is 14.1. The lowest BCUT2D eigenvalue weighted by Gasteiger charge is -2.36. The molecule has 0 bridgehead atoms. The quantitative estimate of drug-likeness (QED) is 0.667. The van der Waals surface area contributed by atoms with Crippen molar-refractivity contribution in [3.8, 4) is 0 Å². The number of benzene rings is 2. The minimum Gasteiger partial charge on any atom is -0.367 e. The van der Waals surface area contributed by atoms with E-state index in [1.807, 2.05) is 29.2 Å². The van der Waals surface area contributed by atoms with Gasteiger partial charge in [-0.05, 0) is 35.9 Å². The first-order valence-corrected chi connectivity index (χ1v) is 10.3. The summed E-state index contributed by atoms with van der Waals surface area (Å²) in [6.45, 7) is 0.383. The van der Waals surface area contributed by atoms with Gasteiger partial charge in [0.2, 0.25) is 5.91 Å². The van der Waals surface area contributed by atoms with Crippen molar-refractivity contribution in [1.29, 1.82) is 0 Å². The molecule has 0 saturated carbocycles. The van der Waals surface area contributed by atoms with Crippen molar-refractivity contribution in [3.05, 3.63) is 57.5 Å². The minimum absolute atomic E-state index is 0.0413. The SMILES string of the molecule is O=C(Cc1ccc(Br)cc1)Nc1ccc(N2CCN(C(=O)C(F)(F)F)CC2)c(Cl)c1. The number of rotatable bonds is 4. The van der Waals surface area contributed by atoms with Gasteiger partial charge in [-0.2, -0.15) is 13.2 Å². The Morgan fingerprint density at radius 2 is 1.67 bits per heavy atom. The molecule has 0 aromatic heterocycles. The van der Waals surface area contributed by atoms with Crippen LogP contribution in [0, 0.1) is 0 Å². The van der Waals surface area contributed by atoms with Crippen molar-refractivity contribution < 1.29 is 22.8 Å². The third kappa shape index (κ3) is 5.66. The Labute approximate surface area is 184 Å². The summed E-state index contributed by atoms with van der Waals surface area (Å²) in [4.78, 5) is 26.2. The topological polar surface area (TPSA) is 52.7 Å². The molecule has 160 valence electrons. The normalized spacial score (nSPS) is 14.6. The van der Waals surface area contributed by atoms with Crippen LogP contribution < -0.4 is 10.2 Å². The molecule has 10 heteroatoms. The molecule has 1 aliphatic heterocycles. The Morgan fingerprint density at radius 1 is 1.03 bits per heavy atom. The summed E-state index contributed by atoms with van der Waals surface area (Å²) in [6, 6.07) is 12.4. The lowest BCUT2D eigenvalue weighted by molar-refractivity contribution is -0.185. The summed E-state index contributed by atoms with van der Waals surface area (Å²) in [5.41, 5.74) is 2.03. The van der Waals surface area contributed by atoms with Crippen LogP contribution in [-0.2, 0) is 16.0 Å². The van der Waals surface area contributed by atoms with E-state index < -0.39 is 12.1 Å². The number of anilines is 2. The highest BCUT2D eigenvalue weighted by Gasteiger charge is 2.43. The van der Waals surface area contributed by atoms with Crippen LogP contribution in [0.15, 0.2) is 46.9 Å². The Kier molecular flexibility index (Phi) is 6.92. The summed E-state index contributed by atoms with van der Waals surface area (Å²) in [6.07, 6.45) is -4.65. The molecular weight excluding hydrogens is 487 g/mol. The second-order valence-corrected chi connectivity index (χ2v) is 8.12. The van der Waals surface area contributed by atoms with E-state index in [1.54, 1.807) is 18.2 Å². The average Bonchev–Trinajstić information content (AvgIpc) is 2.69. The molecule has 2 aromatic carbocycles. The molecule has 1 N–H and O–H groups in total. The highest BCUT2D eigenvalue weighted by Crippen LogP contribution is 2.30. The largest absolute Gasteiger partial charge is 0.471 e. The molecule has 2 amide bonds. The van der Waals surface area contributed by atoms with Crippen molar-refractivity contribution >= 4 is 50.7 Å². The maximum absolute atomic E-state index is 12.6. The fraction of sp³-hybridized carbons (Fsp3) is 0.300. The van der Waals surface area contributed by atoms with Gasteiger partial charge in [0.1, 0.15) is 0 Å². The van der Waals surface area contributed by atoms with E-state index in [-0.39, 0.29) is 38.5 Å². The lowest BCUT2D eigenvalue weighted by atomic mass is 10.1. The van der Waals surface area contributed by atoms with E-state index in [9.17, 15) is 22.8 Å². The van der Waals surface area contributed by atoms with Gasteiger partial charge in [-0.15, -0.1) is 0 Å². The summed E-state index contributed by atoms with van der Waals surface area (Å²) in [7, 11) is 0. The van der Waals surface area contributed by atoms with Gasteiger partial charge in [-0.1, -0.05) is 39.7 Å². The second kappa shape index (κ2) is 9.26. The third-order valence-corrected chi connectivity index (χ3v) is 5.49. The highest BCUT2D eigenvalue weighted by atomic mass is 79.9. The van der Waals surface area contributed by atoms with Crippen molar-refractivity contribution in [2.45, 2.75) is 12.6 Å². The zero-order chi connectivity index (χ0) is 21.9. The predicted molar refractivity (Wildman–Crippen MR) is 113 cm³/mol. The fourth-order valence-electron chi connectivity index (χ4n) is 3.16. The monoisotopic (exact) mass is 503 g/mol. The van der Waals surface area contributed by atoms with Gasteiger partial charge in [-0.25, -0.2) is 0 Å². The molecule has 30 heavy (non-hydrogen) atoms. The van der Waals surface area contributed by atoms with E-state index in [4.69, 9.17) is 11.6 Å². The van der Waals surface area contributed by atoms with Gasteiger partial charge >= 0.3 is 12.1 Å². The maximum atomic E-state index is 12.6. The van der Waals surface area contributed by atoms with Crippen molar-refractivity contribution in [3.63, 3.8) is 0 Å². The van der Waals surface area contributed by atoms with Crippen LogP contribution in [0.25, 0.3) is 0 Å². The van der Waals surface area contributed by atoms with E-state index in [1.165, 1.54) is 0 Å². The Hall–Kier alpha value is -2.26. The van der Waals surface area contributed by atoms with E-state index in [0.29, 0.717) is 16.4 Å². The van der Waals surface area contributed by atoms with Gasteiger partial charge in [0.25, 0.3) is 0 Å². The van der Waals surface area contributed by atoms with Crippen LogP contribution in [0.3, 0.4) is 0 Å². The predicted octanol–water partition coefficient (Wildman–Crippen LogP) is 4.49. The summed E-state index contributed by atoms with van der Waals surface area (Å²) < 4.78 is 38.6. The van der Waals surface area contributed by atoms with E-state index in [0.717, 1.165) is 14.9 Å². The Morgan fingerprint density at radius 3 is 2.23 bits per heavy atom. The van der Waals surface area contributed by atoms with Gasteiger partial charge in [0.05, 0.1) is 17.1 Å². The molecule has 0 unspecified atom stereocenters. The van der Waals surface area contributed by atoms with Gasteiger partial charge in [0.15, 0.2) is 0 Å². The first kappa shape index (κ1) is 22.4. The summed E-state index contributed by atoms with van der Waals surface area (Å²) in [5.74, 6) is -2.02. The second-order valence-electron chi connectivity index (χ2n) is 6.79. The molecule has 0 spiro atoms. The van der Waals surface area contributed by atoms with Gasteiger partial charge in [0, 0.05) is 36.3 Å². The summed E-state index contributed by atoms with van der Waals surface area (Å²) >= 11 is 9.68. The molecule has 1 heterocycles. The molecule has 1 fully saturated rings. The number of nitrogens with zero attached hydrogens (tertiary/aromatic N) is 2. The maximum Gasteiger partial charge on any atom is 0.471 e. The molecule has 5 nitrogen and oxygen atoms in total. The molecule has 0 atom stereocenters. The molecule has 0 radical (unpaired) electrons. The fourth-order valence-corrected chi connectivity index (χ4v) is 3.73. The lowest BCUT2D eigenvalue weighted by Crippen LogP contribution is -2.52. The zero-order valence-corrected chi connectivity index (χ0v) is 18.0. The number of halogens is 5. The smallest absolute Gasteiger partial charge is 0.367 e. The number of hydrogen-bond donors (Lipinski definition) is 1. The molecule has 2 aromatic rings. The van der Waals surface area contributed by atoms with Crippen LogP contribution in [-0.4, -0.2) is 49.1 Å². The van der Waals surface area contributed by atoms with E-state index >= 15 is 0 Å². The number of amides is 2. The molecule has 3 rings (SSSR count). The molecule has 1 saturated heterocycles. The highest BCUT2D eigenvalue weighted by molar-refractivity contribution is 9.10. The van der Waals surface area contributed by atoms with Crippen LogP contribution in [0.5, 0.6) is 0 Å². The third-order valence-electron chi connectivity index (χ3n) is 4.66. The van der Waals surface area contributed by atoms with Crippen molar-refractivity contribution in [2.75, 3.05) is 36.4 Å². The van der Waals surface area contributed by atoms with Crippen LogP contribution in [0.2, 0.25) is 5.02 Å². The van der Waals surface area contributed by atoms with Gasteiger partial charge in [-0.3, -0.25) is 9.59 Å². The number of carbonyl (C=O) groups excluding carboxylic acids is 2. The minimum atomic E-state index is -4.87. The molecular formula is C20H18BrClF3N3O2. The Balaban J connectivity index is 1.58. The number of piperazine rings is 1. The Bertz CT molecular complexity index is 930. The van der Waals surface area contributed by atoms with Crippen molar-refractivity contribution in [2.24, 2.45) is 0 Å². The van der Waals surface area contributed by atoms with Crippen LogP contribution >= 0.6 is 27.5 Å². The average molecular weight is 505 g/mol. The van der Waals surface area contributed by atoms with Crippen LogP contribution in [0.4, 0.5) is 24.5 Å². The molecule has 0 aliphatic carbocycles. The number of hydrogen-bond acceptors (Lipinski definition) is 3. The van der Waals surface area contributed by atoms with E-state index in [2.05, 4.69) is 21.2 Å². The standard InChI is InChI=1S/C20H18BrClF3N3O2/c21-14-3-1-13(2-4-14)11-18(29)26-15-5-6-17(16(22)12-15)27-7-9-28(10-8-27)19(30)20(23,24)25/h1-6,12H,7-11H2,(H,26,29). The molecule has 1 aliphatic rings. The first-order valence-electron chi connectivity index (χ1n) is 9.08. The number of alkyl halides is 3. The van der Waals surface area contributed by atoms with Gasteiger partial charge < -0.3 is 15.1 Å². The number of nitrogens with one attached hydrogen (secondary N) is 1. The zero-order valence-electron chi connectivity index (χ0n) is 15.7.